The smallest absolute Gasteiger partial charge is 0.460 e. The molecule has 1 atom stereocenters. The average Bonchev–Trinajstić information content (AvgIpc) is 2.96. The number of carboxylic acid groups (broad SMARTS) is 1. The lowest BCUT2D eigenvalue weighted by molar-refractivity contribution is -0.443. The van der Waals surface area contributed by atoms with Gasteiger partial charge in [0.15, 0.2) is 6.10 Å². The van der Waals surface area contributed by atoms with Gasteiger partial charge in [0.1, 0.15) is 12.4 Å². The number of nitrogens with zero attached hydrogens (tertiary/aromatic N) is 1. The number of halogens is 9. The number of carbonyl (C=O) groups excluding carboxylic acids is 1. The number of rotatable bonds is 18. The van der Waals surface area contributed by atoms with Crippen LogP contribution in [0.1, 0.15) is 18.1 Å². The summed E-state index contributed by atoms with van der Waals surface area (Å²) in [4.78, 5) is 24.7. The van der Waals surface area contributed by atoms with E-state index in [-0.39, 0.29) is 38.5 Å². The number of amides is 2. The maximum Gasteiger partial charge on any atom is 0.460 e. The molecule has 0 spiro atoms. The van der Waals surface area contributed by atoms with Crippen molar-refractivity contribution in [3.63, 3.8) is 0 Å². The van der Waals surface area contributed by atoms with Crippen LogP contribution in [0.25, 0.3) is 0 Å². The second-order valence-electron chi connectivity index (χ2n) is 9.45. The molecule has 2 rings (SSSR count). The molecule has 0 heterocycles. The molecule has 0 fully saturated rings. The molecule has 0 saturated heterocycles. The summed E-state index contributed by atoms with van der Waals surface area (Å²) in [6.07, 6.45) is -13.9. The van der Waals surface area contributed by atoms with Gasteiger partial charge in [0.05, 0.1) is 13.2 Å². The van der Waals surface area contributed by atoms with Crippen molar-refractivity contribution in [2.45, 2.75) is 50.0 Å². The van der Waals surface area contributed by atoms with Crippen LogP contribution >= 0.6 is 0 Å². The standard InChI is InChI=1S/C28H31F9N2O6/c1-2-43-22(23(40)41)18-20-8-10-21(11-9-20)44-16-14-39(24(42)38-13-12-19-6-4-3-5-7-19)15-17-45-28(36,37)26(31,32)25(29,30)27(33,34)35/h3-11,22H,2,12-18H2,1H3,(H,38,42)(H,40,41). The number of carboxylic acids is 1. The molecule has 0 aliphatic carbocycles. The minimum Gasteiger partial charge on any atom is -0.492 e. The van der Waals surface area contributed by atoms with E-state index >= 15 is 0 Å². The number of urea groups is 1. The molecule has 0 radical (unpaired) electrons. The number of aliphatic carboxylic acids is 1. The van der Waals surface area contributed by atoms with Gasteiger partial charge in [-0.15, -0.1) is 0 Å². The van der Waals surface area contributed by atoms with E-state index in [9.17, 15) is 54.2 Å². The molecular formula is C28H31F9N2O6. The lowest BCUT2D eigenvalue weighted by Gasteiger charge is -2.33. The van der Waals surface area contributed by atoms with Gasteiger partial charge in [0, 0.05) is 26.1 Å². The highest BCUT2D eigenvalue weighted by Gasteiger charge is 2.82. The Bertz CT molecular complexity index is 1220. The number of hydrogen-bond acceptors (Lipinski definition) is 5. The summed E-state index contributed by atoms with van der Waals surface area (Å²) in [7, 11) is 0. The van der Waals surface area contributed by atoms with E-state index in [1.165, 1.54) is 12.1 Å². The van der Waals surface area contributed by atoms with E-state index in [1.54, 1.807) is 49.4 Å². The van der Waals surface area contributed by atoms with Gasteiger partial charge in [0.25, 0.3) is 0 Å². The molecule has 252 valence electrons. The Morgan fingerprint density at radius 3 is 2.00 bits per heavy atom. The van der Waals surface area contributed by atoms with Crippen molar-refractivity contribution in [3.8, 4) is 5.75 Å². The summed E-state index contributed by atoms with van der Waals surface area (Å²) in [5, 5.41) is 11.7. The third kappa shape index (κ3) is 10.4. The van der Waals surface area contributed by atoms with E-state index in [0.29, 0.717) is 12.0 Å². The van der Waals surface area contributed by atoms with Crippen LogP contribution in [0.5, 0.6) is 5.75 Å². The highest BCUT2D eigenvalue weighted by atomic mass is 19.4. The first-order chi connectivity index (χ1) is 20.9. The topological polar surface area (TPSA) is 97.3 Å². The van der Waals surface area contributed by atoms with Crippen LogP contribution in [0.15, 0.2) is 54.6 Å². The quantitative estimate of drug-likeness (QED) is 0.196. The van der Waals surface area contributed by atoms with Crippen LogP contribution in [-0.4, -0.2) is 91.7 Å². The van der Waals surface area contributed by atoms with Crippen molar-refractivity contribution < 1.29 is 68.4 Å². The first kappa shape index (κ1) is 37.5. The van der Waals surface area contributed by atoms with Gasteiger partial charge in [-0.3, -0.25) is 0 Å². The fourth-order valence-electron chi connectivity index (χ4n) is 3.75. The zero-order valence-electron chi connectivity index (χ0n) is 23.8. The molecule has 17 heteroatoms. The lowest BCUT2D eigenvalue weighted by atomic mass is 10.1. The molecule has 1 unspecified atom stereocenters. The number of benzene rings is 2. The fraction of sp³-hybridized carbons (Fsp3) is 0.500. The molecule has 8 nitrogen and oxygen atoms in total. The Hall–Kier alpha value is -3.73. The predicted molar refractivity (Wildman–Crippen MR) is 141 cm³/mol. The third-order valence-electron chi connectivity index (χ3n) is 6.20. The second kappa shape index (κ2) is 16.0. The summed E-state index contributed by atoms with van der Waals surface area (Å²) in [6, 6.07) is 13.9. The summed E-state index contributed by atoms with van der Waals surface area (Å²) in [5.74, 6) is -15.0. The van der Waals surface area contributed by atoms with Crippen molar-refractivity contribution in [3.05, 3.63) is 65.7 Å². The minimum atomic E-state index is -7.11. The van der Waals surface area contributed by atoms with Crippen LogP contribution in [-0.2, 0) is 27.1 Å². The number of ether oxygens (including phenoxy) is 3. The average molecular weight is 663 g/mol. The maximum absolute atomic E-state index is 13.8. The molecule has 0 aliphatic heterocycles. The zero-order valence-corrected chi connectivity index (χ0v) is 23.8. The number of hydrogen-bond donors (Lipinski definition) is 2. The number of nitrogens with one attached hydrogen (secondary N) is 1. The van der Waals surface area contributed by atoms with Crippen molar-refractivity contribution in [2.75, 3.05) is 39.5 Å². The fourth-order valence-corrected chi connectivity index (χ4v) is 3.75. The van der Waals surface area contributed by atoms with Crippen LogP contribution in [0.4, 0.5) is 44.3 Å². The first-order valence-corrected chi connectivity index (χ1v) is 13.4. The second-order valence-corrected chi connectivity index (χ2v) is 9.45. The van der Waals surface area contributed by atoms with E-state index in [2.05, 4.69) is 10.1 Å². The van der Waals surface area contributed by atoms with Gasteiger partial charge in [-0.25, -0.2) is 9.59 Å². The summed E-state index contributed by atoms with van der Waals surface area (Å²) < 4.78 is 132. The van der Waals surface area contributed by atoms with Gasteiger partial charge in [-0.05, 0) is 36.6 Å². The number of alkyl halides is 9. The molecule has 0 saturated carbocycles. The minimum absolute atomic E-state index is 0.0354. The SMILES string of the molecule is CCOC(Cc1ccc(OCCN(CCOC(F)(F)C(F)(F)C(F)(F)C(F)(F)F)C(=O)NCCc2ccccc2)cc1)C(=O)O. The molecule has 2 amide bonds. The molecule has 2 N–H and O–H groups in total. The van der Waals surface area contributed by atoms with Gasteiger partial charge < -0.3 is 29.5 Å². The van der Waals surface area contributed by atoms with E-state index in [0.717, 1.165) is 10.5 Å². The molecule has 0 aliphatic rings. The van der Waals surface area contributed by atoms with Crippen molar-refractivity contribution >= 4 is 12.0 Å². The van der Waals surface area contributed by atoms with Crippen LogP contribution in [0.2, 0.25) is 0 Å². The van der Waals surface area contributed by atoms with Crippen molar-refractivity contribution in [1.82, 2.24) is 10.2 Å². The van der Waals surface area contributed by atoms with Crippen molar-refractivity contribution in [2.24, 2.45) is 0 Å². The molecular weight excluding hydrogens is 631 g/mol. The normalized spacial score (nSPS) is 13.3. The highest BCUT2D eigenvalue weighted by molar-refractivity contribution is 5.74. The van der Waals surface area contributed by atoms with Crippen LogP contribution in [0, 0.1) is 0 Å². The maximum atomic E-state index is 13.8. The predicted octanol–water partition coefficient (Wildman–Crippen LogP) is 5.79. The molecule has 0 bridgehead atoms. The van der Waals surface area contributed by atoms with E-state index in [4.69, 9.17) is 9.47 Å². The van der Waals surface area contributed by atoms with E-state index < -0.39 is 55.4 Å². The number of carbonyl (C=O) groups is 2. The van der Waals surface area contributed by atoms with Gasteiger partial charge >= 0.3 is 36.1 Å². The van der Waals surface area contributed by atoms with Gasteiger partial charge in [-0.2, -0.15) is 39.5 Å². The molecule has 2 aromatic rings. The van der Waals surface area contributed by atoms with Crippen LogP contribution < -0.4 is 10.1 Å². The summed E-state index contributed by atoms with van der Waals surface area (Å²) >= 11 is 0. The largest absolute Gasteiger partial charge is 0.492 e. The molecule has 2 aromatic carbocycles. The first-order valence-electron chi connectivity index (χ1n) is 13.4. The van der Waals surface area contributed by atoms with Gasteiger partial charge in [0.2, 0.25) is 0 Å². The molecule has 0 aromatic heterocycles. The monoisotopic (exact) mass is 662 g/mol. The van der Waals surface area contributed by atoms with Crippen molar-refractivity contribution in [1.29, 1.82) is 0 Å². The van der Waals surface area contributed by atoms with Crippen LogP contribution in [0.3, 0.4) is 0 Å². The van der Waals surface area contributed by atoms with E-state index in [1.807, 2.05) is 0 Å². The third-order valence-corrected chi connectivity index (χ3v) is 6.20. The van der Waals surface area contributed by atoms with Gasteiger partial charge in [-0.1, -0.05) is 42.5 Å². The highest BCUT2D eigenvalue weighted by Crippen LogP contribution is 2.53. The Kier molecular flexibility index (Phi) is 13.3. The Balaban J connectivity index is 2.04. The Morgan fingerprint density at radius 1 is 0.844 bits per heavy atom. The summed E-state index contributed by atoms with van der Waals surface area (Å²) in [5.41, 5.74) is 1.41. The lowest BCUT2D eigenvalue weighted by Crippen LogP contribution is -2.62. The molecule has 45 heavy (non-hydrogen) atoms. The Morgan fingerprint density at radius 2 is 1.44 bits per heavy atom. The summed E-state index contributed by atoms with van der Waals surface area (Å²) in [6.45, 7) is -1.29. The zero-order chi connectivity index (χ0) is 33.9. The Labute approximate surface area is 252 Å².